The number of methoxy groups -OCH3 is 1. The van der Waals surface area contributed by atoms with Crippen LogP contribution in [0.1, 0.15) is 0 Å². The number of aliphatic hydroxyl groups excluding tert-OH is 7. The zero-order chi connectivity index (χ0) is 18.0. The summed E-state index contributed by atoms with van der Waals surface area (Å²) in [6, 6.07) is 0. The van der Waals surface area contributed by atoms with E-state index in [1.807, 2.05) is 0 Å². The first-order valence-electron chi connectivity index (χ1n) is 7.46. The highest BCUT2D eigenvalue weighted by Gasteiger charge is 2.50. The van der Waals surface area contributed by atoms with Crippen molar-refractivity contribution in [1.29, 1.82) is 0 Å². The second kappa shape index (κ2) is 8.29. The number of hydrogen-bond donors (Lipinski definition) is 7. The van der Waals surface area contributed by atoms with E-state index >= 15 is 0 Å². The van der Waals surface area contributed by atoms with Gasteiger partial charge in [-0.05, 0) is 0 Å². The van der Waals surface area contributed by atoms with E-state index in [9.17, 15) is 25.5 Å². The SMILES string of the molecule is CO[C@@H]1O[C@H](CO)[C@@H](O)[C@H](O)[C@H]1O[C@@H]1O[C@@H](CO)[C@H](O)[C@@H](O)[C@H]1O. The molecule has 2 fully saturated rings. The standard InChI is InChI=1S/C13H24O11/c1-21-13-11(9(19)7(17)5(3-15)23-13)24-12-10(20)8(18)6(16)4(2-14)22-12/h4-20H,2-3H2,1H3/t4-,5+,6-,7+,8+,9-,10+,11+,12-,13+/m0/s1. The molecule has 0 radical (unpaired) electrons. The number of rotatable bonds is 5. The van der Waals surface area contributed by atoms with Crippen LogP contribution >= 0.6 is 0 Å². The highest BCUT2D eigenvalue weighted by molar-refractivity contribution is 4.93. The van der Waals surface area contributed by atoms with E-state index in [-0.39, 0.29) is 0 Å². The molecule has 0 aromatic carbocycles. The fraction of sp³-hybridized carbons (Fsp3) is 1.00. The van der Waals surface area contributed by atoms with Gasteiger partial charge < -0.3 is 54.7 Å². The minimum Gasteiger partial charge on any atom is -0.394 e. The van der Waals surface area contributed by atoms with Crippen LogP contribution in [0.25, 0.3) is 0 Å². The molecular formula is C13H24O11. The van der Waals surface area contributed by atoms with Gasteiger partial charge in [-0.2, -0.15) is 0 Å². The molecular weight excluding hydrogens is 332 g/mol. The molecule has 0 aromatic rings. The van der Waals surface area contributed by atoms with Crippen molar-refractivity contribution in [3.05, 3.63) is 0 Å². The van der Waals surface area contributed by atoms with Crippen LogP contribution in [-0.4, -0.2) is 117 Å². The minimum atomic E-state index is -1.68. The van der Waals surface area contributed by atoms with Crippen molar-refractivity contribution in [1.82, 2.24) is 0 Å². The molecule has 10 atom stereocenters. The van der Waals surface area contributed by atoms with Gasteiger partial charge in [-0.15, -0.1) is 0 Å². The van der Waals surface area contributed by atoms with Crippen molar-refractivity contribution >= 4 is 0 Å². The van der Waals surface area contributed by atoms with Crippen LogP contribution in [0, 0.1) is 0 Å². The van der Waals surface area contributed by atoms with Crippen molar-refractivity contribution in [2.45, 2.75) is 61.4 Å². The maximum absolute atomic E-state index is 10.2. The molecule has 0 aromatic heterocycles. The lowest BCUT2D eigenvalue weighted by Crippen LogP contribution is -2.64. The molecule has 0 spiro atoms. The van der Waals surface area contributed by atoms with Gasteiger partial charge in [-0.25, -0.2) is 0 Å². The topological polar surface area (TPSA) is 179 Å². The van der Waals surface area contributed by atoms with E-state index < -0.39 is 74.6 Å². The number of hydrogen-bond acceptors (Lipinski definition) is 11. The summed E-state index contributed by atoms with van der Waals surface area (Å²) in [5.74, 6) is 0. The lowest BCUT2D eigenvalue weighted by Gasteiger charge is -2.45. The zero-order valence-corrected chi connectivity index (χ0v) is 13.0. The molecule has 0 amide bonds. The molecule has 0 unspecified atom stereocenters. The Labute approximate surface area is 137 Å². The fourth-order valence-corrected chi connectivity index (χ4v) is 2.73. The Morgan fingerprint density at radius 1 is 0.708 bits per heavy atom. The summed E-state index contributed by atoms with van der Waals surface area (Å²) < 4.78 is 20.8. The highest BCUT2D eigenvalue weighted by atomic mass is 16.8. The molecule has 0 aliphatic carbocycles. The molecule has 24 heavy (non-hydrogen) atoms. The lowest BCUT2D eigenvalue weighted by atomic mass is 9.97. The Morgan fingerprint density at radius 3 is 1.71 bits per heavy atom. The predicted molar refractivity (Wildman–Crippen MR) is 73.4 cm³/mol. The quantitative estimate of drug-likeness (QED) is 0.251. The summed E-state index contributed by atoms with van der Waals surface area (Å²) in [7, 11) is 1.24. The second-order valence-corrected chi connectivity index (χ2v) is 5.74. The summed E-state index contributed by atoms with van der Waals surface area (Å²) in [6.07, 6.45) is -14.3. The van der Waals surface area contributed by atoms with Crippen molar-refractivity contribution in [3.8, 4) is 0 Å². The van der Waals surface area contributed by atoms with Crippen molar-refractivity contribution in [2.24, 2.45) is 0 Å². The molecule has 11 heteroatoms. The molecule has 11 nitrogen and oxygen atoms in total. The Hall–Kier alpha value is -0.440. The van der Waals surface area contributed by atoms with Crippen LogP contribution in [0.5, 0.6) is 0 Å². The van der Waals surface area contributed by atoms with Gasteiger partial charge in [-0.1, -0.05) is 0 Å². The average molecular weight is 356 g/mol. The minimum absolute atomic E-state index is 0.565. The number of aliphatic hydroxyl groups is 7. The lowest BCUT2D eigenvalue weighted by molar-refractivity contribution is -0.364. The summed E-state index contributed by atoms with van der Waals surface area (Å²) in [5, 5.41) is 67.8. The normalized spacial score (nSPS) is 50.0. The molecule has 2 heterocycles. The third kappa shape index (κ3) is 3.71. The molecule has 0 bridgehead atoms. The second-order valence-electron chi connectivity index (χ2n) is 5.74. The van der Waals surface area contributed by atoms with Crippen LogP contribution in [0.15, 0.2) is 0 Å². The highest BCUT2D eigenvalue weighted by Crippen LogP contribution is 2.29. The monoisotopic (exact) mass is 356 g/mol. The zero-order valence-electron chi connectivity index (χ0n) is 13.0. The van der Waals surface area contributed by atoms with Crippen LogP contribution < -0.4 is 0 Å². The van der Waals surface area contributed by atoms with Crippen molar-refractivity contribution < 1.29 is 54.7 Å². The Bertz CT molecular complexity index is 392. The first-order valence-corrected chi connectivity index (χ1v) is 7.46. The van der Waals surface area contributed by atoms with E-state index in [0.29, 0.717) is 0 Å². The predicted octanol–water partition coefficient (Wildman–Crippen LogP) is -4.74. The largest absolute Gasteiger partial charge is 0.394 e. The molecule has 7 N–H and O–H groups in total. The van der Waals surface area contributed by atoms with Gasteiger partial charge in [0.1, 0.15) is 48.8 Å². The first kappa shape index (κ1) is 19.9. The van der Waals surface area contributed by atoms with Gasteiger partial charge in [0.05, 0.1) is 13.2 Å². The van der Waals surface area contributed by atoms with Crippen molar-refractivity contribution in [3.63, 3.8) is 0 Å². The van der Waals surface area contributed by atoms with Gasteiger partial charge in [-0.3, -0.25) is 0 Å². The summed E-state index contributed by atoms with van der Waals surface area (Å²) in [6.45, 7) is -1.21. The molecule has 2 rings (SSSR count). The average Bonchev–Trinajstić information content (AvgIpc) is 2.59. The van der Waals surface area contributed by atoms with Gasteiger partial charge in [0.25, 0.3) is 0 Å². The van der Waals surface area contributed by atoms with E-state index in [4.69, 9.17) is 29.2 Å². The summed E-state index contributed by atoms with van der Waals surface area (Å²) in [4.78, 5) is 0. The maximum atomic E-state index is 10.2. The van der Waals surface area contributed by atoms with Gasteiger partial charge in [0, 0.05) is 7.11 Å². The fourth-order valence-electron chi connectivity index (χ4n) is 2.73. The molecule has 2 aliphatic heterocycles. The Morgan fingerprint density at radius 2 is 1.21 bits per heavy atom. The van der Waals surface area contributed by atoms with Crippen LogP contribution in [-0.2, 0) is 18.9 Å². The van der Waals surface area contributed by atoms with E-state index in [2.05, 4.69) is 0 Å². The summed E-state index contributed by atoms with van der Waals surface area (Å²) >= 11 is 0. The van der Waals surface area contributed by atoms with E-state index in [1.165, 1.54) is 7.11 Å². The van der Waals surface area contributed by atoms with Crippen molar-refractivity contribution in [2.75, 3.05) is 20.3 Å². The van der Waals surface area contributed by atoms with Gasteiger partial charge in [0.2, 0.25) is 0 Å². The van der Waals surface area contributed by atoms with Crippen LogP contribution in [0.4, 0.5) is 0 Å². The maximum Gasteiger partial charge on any atom is 0.187 e. The molecule has 2 saturated heterocycles. The molecule has 0 saturated carbocycles. The Kier molecular flexibility index (Phi) is 6.87. The number of ether oxygens (including phenoxy) is 4. The third-order valence-electron chi connectivity index (χ3n) is 4.20. The van der Waals surface area contributed by atoms with E-state index in [1.54, 1.807) is 0 Å². The van der Waals surface area contributed by atoms with Crippen LogP contribution in [0.2, 0.25) is 0 Å². The summed E-state index contributed by atoms with van der Waals surface area (Å²) in [5.41, 5.74) is 0. The Balaban J connectivity index is 2.12. The van der Waals surface area contributed by atoms with Gasteiger partial charge >= 0.3 is 0 Å². The van der Waals surface area contributed by atoms with Gasteiger partial charge in [0.15, 0.2) is 12.6 Å². The first-order chi connectivity index (χ1) is 11.3. The smallest absolute Gasteiger partial charge is 0.187 e. The van der Waals surface area contributed by atoms with Crippen LogP contribution in [0.3, 0.4) is 0 Å². The molecule has 142 valence electrons. The third-order valence-corrected chi connectivity index (χ3v) is 4.20. The van der Waals surface area contributed by atoms with E-state index in [0.717, 1.165) is 0 Å². The molecule has 2 aliphatic rings.